The number of amides is 1. The lowest BCUT2D eigenvalue weighted by Gasteiger charge is -2.16. The van der Waals surface area contributed by atoms with Crippen LogP contribution in [0.2, 0.25) is 0 Å². The van der Waals surface area contributed by atoms with Gasteiger partial charge in [0.25, 0.3) is 5.91 Å². The van der Waals surface area contributed by atoms with Gasteiger partial charge in [-0.2, -0.15) is 0 Å². The van der Waals surface area contributed by atoms with E-state index < -0.39 is 0 Å². The van der Waals surface area contributed by atoms with Gasteiger partial charge in [0.1, 0.15) is 5.00 Å². The Labute approximate surface area is 209 Å². The van der Waals surface area contributed by atoms with Crippen LogP contribution in [0.15, 0.2) is 54.6 Å². The number of anilines is 1. The average Bonchev–Trinajstić information content (AvgIpc) is 3.21. The number of para-hydroxylation sites is 1. The smallest absolute Gasteiger partial charge is 0.341 e. The van der Waals surface area contributed by atoms with Gasteiger partial charge in [0.2, 0.25) is 0 Å². The minimum atomic E-state index is -0.365. The van der Waals surface area contributed by atoms with Crippen molar-refractivity contribution in [2.24, 2.45) is 0 Å². The summed E-state index contributed by atoms with van der Waals surface area (Å²) in [6, 6.07) is 17.6. The molecule has 6 heteroatoms. The second-order valence-electron chi connectivity index (χ2n) is 9.17. The maximum absolute atomic E-state index is 13.9. The summed E-state index contributed by atoms with van der Waals surface area (Å²) in [5.41, 5.74) is 5.42. The number of nitrogens with zero attached hydrogens (tertiary/aromatic N) is 1. The van der Waals surface area contributed by atoms with Crippen LogP contribution in [-0.4, -0.2) is 23.0 Å². The summed E-state index contributed by atoms with van der Waals surface area (Å²) in [5.74, 6) is -0.605. The van der Waals surface area contributed by atoms with E-state index >= 15 is 0 Å². The lowest BCUT2D eigenvalue weighted by atomic mass is 9.95. The zero-order chi connectivity index (χ0) is 24.5. The summed E-state index contributed by atoms with van der Waals surface area (Å²) < 4.78 is 5.57. The van der Waals surface area contributed by atoms with Crippen LogP contribution >= 0.6 is 11.3 Å². The zero-order valence-electron chi connectivity index (χ0n) is 20.2. The number of nitrogens with one attached hydrogen (secondary N) is 1. The highest BCUT2D eigenvalue weighted by atomic mass is 32.1. The van der Waals surface area contributed by atoms with Crippen molar-refractivity contribution in [3.8, 4) is 11.3 Å². The van der Waals surface area contributed by atoms with Crippen molar-refractivity contribution < 1.29 is 14.3 Å². The third-order valence-corrected chi connectivity index (χ3v) is 7.56. The summed E-state index contributed by atoms with van der Waals surface area (Å²) in [5, 5.41) is 4.47. The van der Waals surface area contributed by atoms with Gasteiger partial charge >= 0.3 is 5.97 Å². The van der Waals surface area contributed by atoms with Crippen molar-refractivity contribution in [2.45, 2.75) is 52.6 Å². The first kappa shape index (κ1) is 23.2. The molecule has 1 aliphatic rings. The van der Waals surface area contributed by atoms with Gasteiger partial charge in [0, 0.05) is 15.8 Å². The molecule has 5 nitrogen and oxygen atoms in total. The summed E-state index contributed by atoms with van der Waals surface area (Å²) in [6.45, 7) is 5.61. The van der Waals surface area contributed by atoms with Crippen molar-refractivity contribution in [3.05, 3.63) is 81.7 Å². The molecule has 0 spiro atoms. The molecular weight excluding hydrogens is 456 g/mol. The highest BCUT2D eigenvalue weighted by Gasteiger charge is 2.29. The largest absolute Gasteiger partial charge is 0.459 e. The zero-order valence-corrected chi connectivity index (χ0v) is 21.0. The van der Waals surface area contributed by atoms with E-state index in [1.54, 1.807) is 0 Å². The van der Waals surface area contributed by atoms with Crippen molar-refractivity contribution in [2.75, 3.05) is 5.32 Å². The molecule has 0 bridgehead atoms. The fraction of sp³-hybridized carbons (Fsp3) is 0.276. The van der Waals surface area contributed by atoms with E-state index in [4.69, 9.17) is 9.72 Å². The highest BCUT2D eigenvalue weighted by Crippen LogP contribution is 2.39. The van der Waals surface area contributed by atoms with E-state index in [-0.39, 0.29) is 18.0 Å². The van der Waals surface area contributed by atoms with E-state index in [0.717, 1.165) is 59.0 Å². The molecule has 2 heterocycles. The number of hydrogen-bond acceptors (Lipinski definition) is 5. The van der Waals surface area contributed by atoms with E-state index in [0.29, 0.717) is 16.1 Å². The van der Waals surface area contributed by atoms with Gasteiger partial charge in [-0.1, -0.05) is 48.5 Å². The predicted molar refractivity (Wildman–Crippen MR) is 141 cm³/mol. The third-order valence-electron chi connectivity index (χ3n) is 6.36. The van der Waals surface area contributed by atoms with Gasteiger partial charge in [-0.15, -0.1) is 11.3 Å². The standard InChI is InChI=1S/C29H28N2O3S/c1-17(2)34-29(33)25-21-14-8-10-16-23(21)35-28(25)31-27(32)24-18(3)26(19-11-5-4-6-12-19)30-22-15-9-7-13-20(22)24/h4-7,9,11-13,15,17H,8,10,14,16H2,1-3H3,(H,31,32). The Balaban J connectivity index is 1.61. The fourth-order valence-electron chi connectivity index (χ4n) is 4.79. The first-order chi connectivity index (χ1) is 16.9. The molecule has 2 aromatic heterocycles. The molecule has 35 heavy (non-hydrogen) atoms. The molecule has 0 fully saturated rings. The van der Waals surface area contributed by atoms with Gasteiger partial charge in [-0.3, -0.25) is 4.79 Å². The molecule has 2 aromatic carbocycles. The van der Waals surface area contributed by atoms with Gasteiger partial charge in [0.05, 0.1) is 28.4 Å². The van der Waals surface area contributed by atoms with Crippen LogP contribution in [0, 0.1) is 6.92 Å². The number of esters is 1. The number of thiophene rings is 1. The van der Waals surface area contributed by atoms with Crippen LogP contribution < -0.4 is 5.32 Å². The van der Waals surface area contributed by atoms with E-state index in [1.165, 1.54) is 16.2 Å². The minimum absolute atomic E-state index is 0.231. The molecule has 178 valence electrons. The number of rotatable bonds is 5. The molecule has 1 N–H and O–H groups in total. The summed E-state index contributed by atoms with van der Waals surface area (Å²) in [7, 11) is 0. The van der Waals surface area contributed by atoms with E-state index in [9.17, 15) is 9.59 Å². The number of fused-ring (bicyclic) bond motifs is 2. The number of carbonyl (C=O) groups excluding carboxylic acids is 2. The molecule has 5 rings (SSSR count). The van der Waals surface area contributed by atoms with Crippen molar-refractivity contribution in [1.29, 1.82) is 0 Å². The molecule has 4 aromatic rings. The Hall–Kier alpha value is -3.51. The van der Waals surface area contributed by atoms with Crippen LogP contribution in [0.25, 0.3) is 22.2 Å². The number of benzene rings is 2. The molecule has 0 radical (unpaired) electrons. The molecule has 0 saturated heterocycles. The van der Waals surface area contributed by atoms with E-state index in [2.05, 4.69) is 5.32 Å². The Bertz CT molecular complexity index is 1420. The van der Waals surface area contributed by atoms with Gasteiger partial charge in [0.15, 0.2) is 0 Å². The van der Waals surface area contributed by atoms with Crippen LogP contribution in [-0.2, 0) is 17.6 Å². The van der Waals surface area contributed by atoms with Crippen LogP contribution in [0.5, 0.6) is 0 Å². The first-order valence-electron chi connectivity index (χ1n) is 12.1. The SMILES string of the molecule is Cc1c(-c2ccccc2)nc2ccccc2c1C(=O)Nc1sc2c(c1C(=O)OC(C)C)CCCC2. The van der Waals surface area contributed by atoms with Crippen LogP contribution in [0.1, 0.15) is 63.4 Å². The highest BCUT2D eigenvalue weighted by molar-refractivity contribution is 7.17. The van der Waals surface area contributed by atoms with Crippen molar-refractivity contribution in [3.63, 3.8) is 0 Å². The number of pyridine rings is 1. The Morgan fingerprint density at radius 3 is 2.46 bits per heavy atom. The van der Waals surface area contributed by atoms with Crippen molar-refractivity contribution >= 4 is 39.1 Å². The van der Waals surface area contributed by atoms with Gasteiger partial charge < -0.3 is 10.1 Å². The molecule has 0 aliphatic heterocycles. The summed E-state index contributed by atoms with van der Waals surface area (Å²) in [4.78, 5) is 33.0. The average molecular weight is 485 g/mol. The molecule has 1 amide bonds. The summed E-state index contributed by atoms with van der Waals surface area (Å²) >= 11 is 1.50. The second-order valence-corrected chi connectivity index (χ2v) is 10.3. The molecule has 0 atom stereocenters. The first-order valence-corrected chi connectivity index (χ1v) is 12.9. The quantitative estimate of drug-likeness (QED) is 0.311. The second kappa shape index (κ2) is 9.62. The lowest BCUT2D eigenvalue weighted by Crippen LogP contribution is -2.19. The van der Waals surface area contributed by atoms with Crippen molar-refractivity contribution in [1.82, 2.24) is 4.98 Å². The third kappa shape index (κ3) is 4.46. The molecule has 0 saturated carbocycles. The Kier molecular flexibility index (Phi) is 6.39. The number of aromatic nitrogens is 1. The maximum atomic E-state index is 13.9. The number of carbonyl (C=O) groups is 2. The fourth-order valence-corrected chi connectivity index (χ4v) is 6.06. The van der Waals surface area contributed by atoms with Crippen LogP contribution in [0.4, 0.5) is 5.00 Å². The Morgan fingerprint density at radius 1 is 0.971 bits per heavy atom. The Morgan fingerprint density at radius 2 is 1.69 bits per heavy atom. The number of aryl methyl sites for hydroxylation is 1. The number of ether oxygens (including phenoxy) is 1. The van der Waals surface area contributed by atoms with Crippen LogP contribution in [0.3, 0.4) is 0 Å². The lowest BCUT2D eigenvalue weighted by molar-refractivity contribution is 0.0378. The topological polar surface area (TPSA) is 68.3 Å². The number of hydrogen-bond donors (Lipinski definition) is 1. The normalized spacial score (nSPS) is 13.0. The minimum Gasteiger partial charge on any atom is -0.459 e. The maximum Gasteiger partial charge on any atom is 0.341 e. The molecule has 1 aliphatic carbocycles. The molecule has 0 unspecified atom stereocenters. The van der Waals surface area contributed by atoms with Gasteiger partial charge in [-0.05, 0) is 63.6 Å². The molecular formula is C29H28N2O3S. The monoisotopic (exact) mass is 484 g/mol. The van der Waals surface area contributed by atoms with E-state index in [1.807, 2.05) is 75.4 Å². The van der Waals surface area contributed by atoms with Gasteiger partial charge in [-0.25, -0.2) is 9.78 Å². The summed E-state index contributed by atoms with van der Waals surface area (Å²) in [6.07, 6.45) is 3.65. The predicted octanol–water partition coefficient (Wildman–Crippen LogP) is 6.97.